The van der Waals surface area contributed by atoms with E-state index >= 15 is 0 Å². The standard InChI is InChI=1S/C27H23ClN2O4S/c1-17(2)18-11-13-20(14-12-18)33-16-24(31)30-29-15-19-7-3-5-9-22(19)34-27(32)26-25(28)21-8-4-6-10-23(21)35-26/h3-15,17H,16H2,1-2H3,(H,30,31). The van der Waals surface area contributed by atoms with Crippen LogP contribution in [0.2, 0.25) is 5.02 Å². The van der Waals surface area contributed by atoms with E-state index in [2.05, 4.69) is 24.4 Å². The van der Waals surface area contributed by atoms with Gasteiger partial charge in [-0.1, -0.05) is 67.9 Å². The molecule has 0 aliphatic heterocycles. The Labute approximate surface area is 212 Å². The summed E-state index contributed by atoms with van der Waals surface area (Å²) in [7, 11) is 0. The first-order chi connectivity index (χ1) is 16.9. The summed E-state index contributed by atoms with van der Waals surface area (Å²) in [6.45, 7) is 4.04. The van der Waals surface area contributed by atoms with Crippen molar-refractivity contribution in [3.63, 3.8) is 0 Å². The molecule has 6 nitrogen and oxygen atoms in total. The number of nitrogens with one attached hydrogen (secondary N) is 1. The quantitative estimate of drug-likeness (QED) is 0.129. The Kier molecular flexibility index (Phi) is 7.80. The number of halogens is 1. The average Bonchev–Trinajstić information content (AvgIpc) is 3.20. The number of para-hydroxylation sites is 1. The zero-order valence-corrected chi connectivity index (χ0v) is 20.7. The van der Waals surface area contributed by atoms with Crippen LogP contribution < -0.4 is 14.9 Å². The fourth-order valence-electron chi connectivity index (χ4n) is 3.28. The number of carbonyl (C=O) groups excluding carboxylic acids is 2. The second kappa shape index (κ2) is 11.2. The molecular weight excluding hydrogens is 484 g/mol. The number of hydrogen-bond acceptors (Lipinski definition) is 6. The predicted molar refractivity (Wildman–Crippen MR) is 140 cm³/mol. The molecule has 0 bridgehead atoms. The Morgan fingerprint density at radius 1 is 1.03 bits per heavy atom. The van der Waals surface area contributed by atoms with Crippen LogP contribution in [-0.2, 0) is 4.79 Å². The molecule has 0 atom stereocenters. The molecule has 0 radical (unpaired) electrons. The highest BCUT2D eigenvalue weighted by molar-refractivity contribution is 7.21. The van der Waals surface area contributed by atoms with Crippen LogP contribution >= 0.6 is 22.9 Å². The first-order valence-electron chi connectivity index (χ1n) is 11.0. The number of ether oxygens (including phenoxy) is 2. The summed E-state index contributed by atoms with van der Waals surface area (Å²) >= 11 is 7.67. The molecule has 8 heteroatoms. The lowest BCUT2D eigenvalue weighted by atomic mass is 10.0. The van der Waals surface area contributed by atoms with Gasteiger partial charge in [0.2, 0.25) is 0 Å². The van der Waals surface area contributed by atoms with Gasteiger partial charge in [0, 0.05) is 15.6 Å². The molecule has 4 aromatic rings. The minimum atomic E-state index is -0.557. The molecule has 0 spiro atoms. The van der Waals surface area contributed by atoms with Gasteiger partial charge in [-0.2, -0.15) is 5.10 Å². The van der Waals surface area contributed by atoms with Crippen molar-refractivity contribution >= 4 is 51.1 Å². The third-order valence-electron chi connectivity index (χ3n) is 5.15. The van der Waals surface area contributed by atoms with E-state index in [4.69, 9.17) is 21.1 Å². The van der Waals surface area contributed by atoms with Crippen LogP contribution in [0, 0.1) is 0 Å². The molecule has 1 heterocycles. The Morgan fingerprint density at radius 3 is 2.49 bits per heavy atom. The molecule has 178 valence electrons. The van der Waals surface area contributed by atoms with E-state index < -0.39 is 11.9 Å². The molecule has 0 aliphatic carbocycles. The number of rotatable bonds is 8. The summed E-state index contributed by atoms with van der Waals surface area (Å²) in [4.78, 5) is 25.2. The lowest BCUT2D eigenvalue weighted by Gasteiger charge is -2.08. The van der Waals surface area contributed by atoms with Gasteiger partial charge in [-0.3, -0.25) is 4.79 Å². The van der Waals surface area contributed by atoms with Gasteiger partial charge in [0.1, 0.15) is 16.4 Å². The van der Waals surface area contributed by atoms with Crippen molar-refractivity contribution in [2.75, 3.05) is 6.61 Å². The summed E-state index contributed by atoms with van der Waals surface area (Å²) < 4.78 is 12.0. The van der Waals surface area contributed by atoms with Gasteiger partial charge >= 0.3 is 5.97 Å². The average molecular weight is 507 g/mol. The van der Waals surface area contributed by atoms with E-state index in [0.717, 1.165) is 10.1 Å². The topological polar surface area (TPSA) is 77.0 Å². The molecule has 1 aromatic heterocycles. The van der Waals surface area contributed by atoms with Gasteiger partial charge in [0.25, 0.3) is 5.91 Å². The zero-order valence-electron chi connectivity index (χ0n) is 19.2. The second-order valence-electron chi connectivity index (χ2n) is 7.97. The molecule has 0 unspecified atom stereocenters. The van der Waals surface area contributed by atoms with E-state index in [1.165, 1.54) is 23.1 Å². The Hall–Kier alpha value is -3.68. The number of carbonyl (C=O) groups is 2. The third-order valence-corrected chi connectivity index (χ3v) is 6.81. The molecule has 3 aromatic carbocycles. The number of fused-ring (bicyclic) bond motifs is 1. The van der Waals surface area contributed by atoms with Gasteiger partial charge in [-0.15, -0.1) is 11.3 Å². The fraction of sp³-hybridized carbons (Fsp3) is 0.148. The maximum Gasteiger partial charge on any atom is 0.355 e. The minimum Gasteiger partial charge on any atom is -0.484 e. The van der Waals surface area contributed by atoms with Crippen molar-refractivity contribution in [2.24, 2.45) is 5.10 Å². The molecular formula is C27H23ClN2O4S. The molecule has 1 N–H and O–H groups in total. The highest BCUT2D eigenvalue weighted by Gasteiger charge is 2.19. The monoisotopic (exact) mass is 506 g/mol. The van der Waals surface area contributed by atoms with Crippen LogP contribution in [0.25, 0.3) is 10.1 Å². The summed E-state index contributed by atoms with van der Waals surface area (Å²) in [6.07, 6.45) is 1.41. The van der Waals surface area contributed by atoms with Gasteiger partial charge in [0.05, 0.1) is 11.2 Å². The third kappa shape index (κ3) is 6.07. The van der Waals surface area contributed by atoms with Crippen molar-refractivity contribution in [3.8, 4) is 11.5 Å². The number of benzene rings is 3. The number of amides is 1. The Bertz CT molecular complexity index is 1380. The summed E-state index contributed by atoms with van der Waals surface area (Å²) in [5, 5.41) is 5.14. The largest absolute Gasteiger partial charge is 0.484 e. The number of hydrazone groups is 1. The SMILES string of the molecule is CC(C)c1ccc(OCC(=O)NN=Cc2ccccc2OC(=O)c2sc3ccccc3c2Cl)cc1. The molecule has 0 saturated carbocycles. The van der Waals surface area contributed by atoms with Gasteiger partial charge in [-0.05, 0) is 41.8 Å². The van der Waals surface area contributed by atoms with Crippen molar-refractivity contribution in [1.82, 2.24) is 5.43 Å². The first kappa shape index (κ1) is 24.4. The van der Waals surface area contributed by atoms with Crippen LogP contribution in [0.15, 0.2) is 77.9 Å². The Balaban J connectivity index is 1.36. The number of nitrogens with zero attached hydrogens (tertiary/aromatic N) is 1. The number of thiophene rings is 1. The number of esters is 1. The van der Waals surface area contributed by atoms with Gasteiger partial charge in [-0.25, -0.2) is 10.2 Å². The lowest BCUT2D eigenvalue weighted by Crippen LogP contribution is -2.24. The predicted octanol–water partition coefficient (Wildman–Crippen LogP) is 6.43. The van der Waals surface area contributed by atoms with Crippen molar-refractivity contribution in [2.45, 2.75) is 19.8 Å². The Morgan fingerprint density at radius 2 is 1.74 bits per heavy atom. The highest BCUT2D eigenvalue weighted by Crippen LogP contribution is 2.36. The van der Waals surface area contributed by atoms with Crippen molar-refractivity contribution in [1.29, 1.82) is 0 Å². The summed E-state index contributed by atoms with van der Waals surface area (Å²) in [6, 6.07) is 22.0. The summed E-state index contributed by atoms with van der Waals surface area (Å²) in [5.41, 5.74) is 4.13. The zero-order chi connectivity index (χ0) is 24.8. The lowest BCUT2D eigenvalue weighted by molar-refractivity contribution is -0.123. The maximum absolute atomic E-state index is 12.8. The first-order valence-corrected chi connectivity index (χ1v) is 12.1. The summed E-state index contributed by atoms with van der Waals surface area (Å²) in [5.74, 6) is 0.348. The fourth-order valence-corrected chi connectivity index (χ4v) is 4.66. The van der Waals surface area contributed by atoms with Crippen LogP contribution in [0.1, 0.15) is 40.6 Å². The molecule has 1 amide bonds. The van der Waals surface area contributed by atoms with Crippen molar-refractivity contribution < 1.29 is 19.1 Å². The molecule has 0 saturated heterocycles. The van der Waals surface area contributed by atoms with E-state index in [1.54, 1.807) is 24.3 Å². The molecule has 0 fully saturated rings. The van der Waals surface area contributed by atoms with E-state index in [0.29, 0.717) is 32.9 Å². The highest BCUT2D eigenvalue weighted by atomic mass is 35.5. The van der Waals surface area contributed by atoms with E-state index in [-0.39, 0.29) is 6.61 Å². The molecule has 4 rings (SSSR count). The van der Waals surface area contributed by atoms with Crippen LogP contribution in [0.3, 0.4) is 0 Å². The smallest absolute Gasteiger partial charge is 0.355 e. The van der Waals surface area contributed by atoms with Gasteiger partial charge < -0.3 is 9.47 Å². The van der Waals surface area contributed by atoms with Crippen molar-refractivity contribution in [3.05, 3.63) is 93.8 Å². The van der Waals surface area contributed by atoms with Crippen LogP contribution in [0.5, 0.6) is 11.5 Å². The molecule has 35 heavy (non-hydrogen) atoms. The van der Waals surface area contributed by atoms with Gasteiger partial charge in [0.15, 0.2) is 6.61 Å². The van der Waals surface area contributed by atoms with Crippen LogP contribution in [-0.4, -0.2) is 24.7 Å². The van der Waals surface area contributed by atoms with Crippen LogP contribution in [0.4, 0.5) is 0 Å². The normalized spacial score (nSPS) is 11.2. The number of hydrogen-bond donors (Lipinski definition) is 1. The maximum atomic E-state index is 12.8. The van der Waals surface area contributed by atoms with E-state index in [9.17, 15) is 9.59 Å². The molecule has 0 aliphatic rings. The second-order valence-corrected chi connectivity index (χ2v) is 9.40. The minimum absolute atomic E-state index is 0.181. The van der Waals surface area contributed by atoms with E-state index in [1.807, 2.05) is 48.5 Å².